The second-order valence-electron chi connectivity index (χ2n) is 5.32. The van der Waals surface area contributed by atoms with Crippen LogP contribution in [0.4, 0.5) is 4.39 Å². The largest absolute Gasteiger partial charge is 0.493 e. The first-order valence-electron chi connectivity index (χ1n) is 7.86. The number of methoxy groups -OCH3 is 1. The third-order valence-electron chi connectivity index (χ3n) is 3.60. The standard InChI is InChI=1S/C19H17FN2O3S/c1-3-11-22-18-13(20)7-6-10-16(18)26-19(22)21-17(23)12-25-15-9-5-4-8-14(15)24-2/h3-10H,1,11-12H2,2H3. The maximum Gasteiger partial charge on any atom is 0.286 e. The number of aromatic nitrogens is 1. The van der Waals surface area contributed by atoms with Crippen LogP contribution < -0.4 is 14.3 Å². The van der Waals surface area contributed by atoms with Crippen LogP contribution in [0.5, 0.6) is 11.5 Å². The summed E-state index contributed by atoms with van der Waals surface area (Å²) in [5.41, 5.74) is 0.412. The summed E-state index contributed by atoms with van der Waals surface area (Å²) < 4.78 is 27.2. The number of carbonyl (C=O) groups is 1. The zero-order valence-corrected chi connectivity index (χ0v) is 15.0. The first-order chi connectivity index (χ1) is 12.6. The number of rotatable bonds is 6. The van der Waals surface area contributed by atoms with Gasteiger partial charge in [0.1, 0.15) is 5.82 Å². The van der Waals surface area contributed by atoms with Gasteiger partial charge in [0.15, 0.2) is 22.9 Å². The Morgan fingerprint density at radius 1 is 1.27 bits per heavy atom. The summed E-state index contributed by atoms with van der Waals surface area (Å²) in [5.74, 6) is 0.159. The Morgan fingerprint density at radius 3 is 2.77 bits per heavy atom. The number of halogens is 1. The van der Waals surface area contributed by atoms with Gasteiger partial charge >= 0.3 is 0 Å². The van der Waals surface area contributed by atoms with Gasteiger partial charge in [0, 0.05) is 6.54 Å². The van der Waals surface area contributed by atoms with Gasteiger partial charge in [-0.15, -0.1) is 6.58 Å². The smallest absolute Gasteiger partial charge is 0.286 e. The zero-order valence-electron chi connectivity index (χ0n) is 14.1. The molecular weight excluding hydrogens is 355 g/mol. The average molecular weight is 372 g/mol. The highest BCUT2D eigenvalue weighted by Crippen LogP contribution is 2.25. The van der Waals surface area contributed by atoms with E-state index in [9.17, 15) is 9.18 Å². The molecule has 0 atom stereocenters. The van der Waals surface area contributed by atoms with E-state index >= 15 is 0 Å². The fourth-order valence-corrected chi connectivity index (χ4v) is 3.56. The monoisotopic (exact) mass is 372 g/mol. The Kier molecular flexibility index (Phi) is 5.48. The van der Waals surface area contributed by atoms with Crippen LogP contribution >= 0.6 is 11.3 Å². The quantitative estimate of drug-likeness (QED) is 0.622. The number of hydrogen-bond acceptors (Lipinski definition) is 4. The molecule has 0 radical (unpaired) electrons. The molecule has 3 aromatic rings. The lowest BCUT2D eigenvalue weighted by molar-refractivity contribution is -0.120. The number of thiazole rings is 1. The molecule has 1 aromatic heterocycles. The van der Waals surface area contributed by atoms with Gasteiger partial charge in [-0.25, -0.2) is 4.39 Å². The summed E-state index contributed by atoms with van der Waals surface area (Å²) in [6.07, 6.45) is 1.63. The fourth-order valence-electron chi connectivity index (χ4n) is 2.49. The summed E-state index contributed by atoms with van der Waals surface area (Å²) >= 11 is 1.24. The van der Waals surface area contributed by atoms with Gasteiger partial charge < -0.3 is 14.0 Å². The number of carbonyl (C=O) groups excluding carboxylic acids is 1. The number of hydrogen-bond donors (Lipinski definition) is 0. The maximum absolute atomic E-state index is 14.2. The van der Waals surface area contributed by atoms with E-state index in [1.807, 2.05) is 6.07 Å². The summed E-state index contributed by atoms with van der Waals surface area (Å²) in [6, 6.07) is 11.8. The van der Waals surface area contributed by atoms with Crippen LogP contribution in [0, 0.1) is 5.82 Å². The Bertz CT molecular complexity index is 1020. The first-order valence-corrected chi connectivity index (χ1v) is 8.68. The van der Waals surface area contributed by atoms with Gasteiger partial charge in [-0.3, -0.25) is 4.79 Å². The van der Waals surface area contributed by atoms with Crippen molar-refractivity contribution in [3.8, 4) is 11.5 Å². The number of nitrogens with zero attached hydrogens (tertiary/aromatic N) is 2. The summed E-state index contributed by atoms with van der Waals surface area (Å²) in [5, 5.41) is 0. The number of benzene rings is 2. The van der Waals surface area contributed by atoms with Gasteiger partial charge in [-0.2, -0.15) is 4.99 Å². The van der Waals surface area contributed by atoms with Crippen LogP contribution in [-0.2, 0) is 11.3 Å². The summed E-state index contributed by atoms with van der Waals surface area (Å²) in [4.78, 5) is 16.7. The van der Waals surface area contributed by atoms with Gasteiger partial charge in [0.05, 0.1) is 17.3 Å². The molecule has 3 rings (SSSR count). The second kappa shape index (κ2) is 7.97. The molecule has 0 fully saturated rings. The Morgan fingerprint density at radius 2 is 2.04 bits per heavy atom. The molecule has 7 heteroatoms. The third kappa shape index (κ3) is 3.67. The van der Waals surface area contributed by atoms with Crippen LogP contribution in [0.3, 0.4) is 0 Å². The highest BCUT2D eigenvalue weighted by molar-refractivity contribution is 7.16. The van der Waals surface area contributed by atoms with Crippen molar-refractivity contribution in [2.24, 2.45) is 4.99 Å². The molecule has 0 aliphatic carbocycles. The Labute approximate surface area is 153 Å². The van der Waals surface area contributed by atoms with Crippen LogP contribution in [-0.4, -0.2) is 24.2 Å². The molecule has 1 amide bonds. The number of amides is 1. The molecule has 0 saturated heterocycles. The van der Waals surface area contributed by atoms with E-state index in [0.29, 0.717) is 33.1 Å². The zero-order chi connectivity index (χ0) is 18.5. The molecule has 1 heterocycles. The molecule has 0 spiro atoms. The first kappa shape index (κ1) is 17.9. The van der Waals surface area contributed by atoms with Crippen molar-refractivity contribution in [2.75, 3.05) is 13.7 Å². The molecule has 0 aliphatic heterocycles. The molecule has 5 nitrogen and oxygen atoms in total. The third-order valence-corrected chi connectivity index (χ3v) is 4.65. The van der Waals surface area contributed by atoms with E-state index < -0.39 is 5.91 Å². The topological polar surface area (TPSA) is 52.8 Å². The van der Waals surface area contributed by atoms with Crippen molar-refractivity contribution < 1.29 is 18.7 Å². The van der Waals surface area contributed by atoms with E-state index in [-0.39, 0.29) is 12.4 Å². The minimum absolute atomic E-state index is 0.245. The SMILES string of the molecule is C=CCn1c(=NC(=O)COc2ccccc2OC)sc2cccc(F)c21. The number of allylic oxidation sites excluding steroid dienone is 1. The van der Waals surface area contributed by atoms with Gasteiger partial charge in [-0.05, 0) is 24.3 Å². The number of fused-ring (bicyclic) bond motifs is 1. The minimum atomic E-state index is -0.472. The highest BCUT2D eigenvalue weighted by atomic mass is 32.1. The van der Waals surface area contributed by atoms with Crippen molar-refractivity contribution >= 4 is 27.5 Å². The number of ether oxygens (including phenoxy) is 2. The number of para-hydroxylation sites is 3. The molecule has 0 unspecified atom stereocenters. The molecule has 0 aliphatic rings. The lowest BCUT2D eigenvalue weighted by Crippen LogP contribution is -2.19. The van der Waals surface area contributed by atoms with Crippen LogP contribution in [0.25, 0.3) is 10.2 Å². The average Bonchev–Trinajstić information content (AvgIpc) is 2.99. The van der Waals surface area contributed by atoms with E-state index in [1.54, 1.807) is 41.0 Å². The normalized spacial score (nSPS) is 11.5. The van der Waals surface area contributed by atoms with Crippen molar-refractivity contribution in [1.82, 2.24) is 4.57 Å². The van der Waals surface area contributed by atoms with Crippen LogP contribution in [0.1, 0.15) is 0 Å². The fraction of sp³-hybridized carbons (Fsp3) is 0.158. The predicted molar refractivity (Wildman–Crippen MR) is 99.0 cm³/mol. The Hall–Kier alpha value is -2.93. The van der Waals surface area contributed by atoms with E-state index in [0.717, 1.165) is 0 Å². The lowest BCUT2D eigenvalue weighted by Gasteiger charge is -2.08. The highest BCUT2D eigenvalue weighted by Gasteiger charge is 2.11. The van der Waals surface area contributed by atoms with Crippen LogP contribution in [0.15, 0.2) is 60.1 Å². The van der Waals surface area contributed by atoms with Crippen molar-refractivity contribution in [3.05, 3.63) is 65.7 Å². The molecule has 134 valence electrons. The molecular formula is C19H17FN2O3S. The summed E-state index contributed by atoms with van der Waals surface area (Å²) in [7, 11) is 1.53. The van der Waals surface area contributed by atoms with Crippen LogP contribution in [0.2, 0.25) is 0 Å². The van der Waals surface area contributed by atoms with E-state index in [1.165, 1.54) is 24.5 Å². The van der Waals surface area contributed by atoms with Crippen molar-refractivity contribution in [1.29, 1.82) is 0 Å². The predicted octanol–water partition coefficient (Wildman–Crippen LogP) is 3.54. The van der Waals surface area contributed by atoms with Gasteiger partial charge in [0.2, 0.25) is 0 Å². The Balaban J connectivity index is 1.89. The minimum Gasteiger partial charge on any atom is -0.493 e. The van der Waals surface area contributed by atoms with E-state index in [2.05, 4.69) is 11.6 Å². The van der Waals surface area contributed by atoms with Crippen molar-refractivity contribution in [2.45, 2.75) is 6.54 Å². The molecule has 0 N–H and O–H groups in total. The molecule has 26 heavy (non-hydrogen) atoms. The van der Waals surface area contributed by atoms with Crippen molar-refractivity contribution in [3.63, 3.8) is 0 Å². The molecule has 2 aromatic carbocycles. The molecule has 0 saturated carbocycles. The second-order valence-corrected chi connectivity index (χ2v) is 6.32. The van der Waals surface area contributed by atoms with Gasteiger partial charge in [-0.1, -0.05) is 35.6 Å². The molecule has 0 bridgehead atoms. The maximum atomic E-state index is 14.2. The lowest BCUT2D eigenvalue weighted by atomic mass is 10.3. The van der Waals surface area contributed by atoms with E-state index in [4.69, 9.17) is 9.47 Å². The van der Waals surface area contributed by atoms with Gasteiger partial charge in [0.25, 0.3) is 5.91 Å². The summed E-state index contributed by atoms with van der Waals surface area (Å²) in [6.45, 7) is 3.79.